The van der Waals surface area contributed by atoms with Crippen LogP contribution in [0.25, 0.3) is 0 Å². The van der Waals surface area contributed by atoms with E-state index >= 15 is 0 Å². The van der Waals surface area contributed by atoms with Gasteiger partial charge in [0.1, 0.15) is 0 Å². The van der Waals surface area contributed by atoms with Crippen LogP contribution in [0, 0.1) is 19.8 Å². The molecule has 1 unspecified atom stereocenters. The third-order valence-corrected chi connectivity index (χ3v) is 4.20. The van der Waals surface area contributed by atoms with Gasteiger partial charge < -0.3 is 15.2 Å². The van der Waals surface area contributed by atoms with Gasteiger partial charge in [0.2, 0.25) is 5.91 Å². The van der Waals surface area contributed by atoms with Gasteiger partial charge in [-0.3, -0.25) is 4.79 Å². The minimum atomic E-state index is -1.24. The van der Waals surface area contributed by atoms with Crippen molar-refractivity contribution < 1.29 is 44.3 Å². The number of carboxylic acid groups (broad SMARTS) is 1. The summed E-state index contributed by atoms with van der Waals surface area (Å²) in [7, 11) is 0. The number of halogens is 1. The number of carbonyl (C=O) groups is 2. The zero-order valence-electron chi connectivity index (χ0n) is 14.6. The molecule has 0 aliphatic rings. The predicted octanol–water partition coefficient (Wildman–Crippen LogP) is -0.102. The molecule has 0 saturated heterocycles. The second-order valence-corrected chi connectivity index (χ2v) is 6.33. The van der Waals surface area contributed by atoms with Crippen molar-refractivity contribution in [3.05, 3.63) is 64.2 Å². The van der Waals surface area contributed by atoms with Gasteiger partial charge >= 0.3 is 29.6 Å². The van der Waals surface area contributed by atoms with Crippen LogP contribution in [0.4, 0.5) is 5.69 Å². The molecule has 0 aliphatic heterocycles. The van der Waals surface area contributed by atoms with Crippen molar-refractivity contribution >= 4 is 29.2 Å². The minimum absolute atomic E-state index is 0. The summed E-state index contributed by atoms with van der Waals surface area (Å²) < 4.78 is 0. The number of hydrogen-bond donors (Lipinski definition) is 1. The van der Waals surface area contributed by atoms with Crippen molar-refractivity contribution in [2.24, 2.45) is 5.92 Å². The SMILES string of the molecule is Cc1ccc(NC(=O)CC(Cc2ccc(Cl)cc2)C(=O)[O-])cc1C.[Na+]. The fourth-order valence-electron chi connectivity index (χ4n) is 2.40. The third kappa shape index (κ3) is 6.83. The van der Waals surface area contributed by atoms with Crippen LogP contribution in [0.3, 0.4) is 0 Å². The molecular weight excluding hydrogens is 349 g/mol. The van der Waals surface area contributed by atoms with Crippen molar-refractivity contribution in [1.82, 2.24) is 0 Å². The molecule has 0 spiro atoms. The Balaban J connectivity index is 0.00000312. The normalized spacial score (nSPS) is 11.3. The molecule has 6 heteroatoms. The Labute approximate surface area is 174 Å². The molecule has 1 atom stereocenters. The molecule has 0 aromatic heterocycles. The van der Waals surface area contributed by atoms with Gasteiger partial charge in [-0.25, -0.2) is 0 Å². The van der Waals surface area contributed by atoms with E-state index in [4.69, 9.17) is 11.6 Å². The first-order chi connectivity index (χ1) is 11.3. The first-order valence-corrected chi connectivity index (χ1v) is 8.05. The van der Waals surface area contributed by atoms with Gasteiger partial charge in [0, 0.05) is 29.0 Å². The first-order valence-electron chi connectivity index (χ1n) is 7.67. The molecule has 2 aromatic rings. The molecule has 4 nitrogen and oxygen atoms in total. The number of nitrogens with one attached hydrogen (secondary N) is 1. The summed E-state index contributed by atoms with van der Waals surface area (Å²) in [6, 6.07) is 12.5. The predicted molar refractivity (Wildman–Crippen MR) is 92.8 cm³/mol. The van der Waals surface area contributed by atoms with E-state index < -0.39 is 11.9 Å². The number of amides is 1. The van der Waals surface area contributed by atoms with Crippen LogP contribution in [0.15, 0.2) is 42.5 Å². The van der Waals surface area contributed by atoms with Gasteiger partial charge in [0.05, 0.1) is 0 Å². The Morgan fingerprint density at radius 1 is 1.08 bits per heavy atom. The number of rotatable bonds is 6. The van der Waals surface area contributed by atoms with Gasteiger partial charge in [-0.1, -0.05) is 29.8 Å². The van der Waals surface area contributed by atoms with Crippen molar-refractivity contribution in [2.75, 3.05) is 5.32 Å². The molecule has 2 rings (SSSR count). The summed E-state index contributed by atoms with van der Waals surface area (Å²) in [5.74, 6) is -2.47. The molecule has 126 valence electrons. The largest absolute Gasteiger partial charge is 1.00 e. The Kier molecular flexibility index (Phi) is 8.66. The van der Waals surface area contributed by atoms with E-state index in [0.29, 0.717) is 10.7 Å². The monoisotopic (exact) mass is 367 g/mol. The minimum Gasteiger partial charge on any atom is -0.550 e. The molecule has 0 fully saturated rings. The van der Waals surface area contributed by atoms with Crippen LogP contribution in [0.5, 0.6) is 0 Å². The molecule has 0 bridgehead atoms. The first kappa shape index (κ1) is 21.7. The van der Waals surface area contributed by atoms with Gasteiger partial charge in [0.15, 0.2) is 0 Å². The Bertz CT molecular complexity index is 747. The number of hydrogen-bond acceptors (Lipinski definition) is 3. The van der Waals surface area contributed by atoms with Crippen molar-refractivity contribution in [2.45, 2.75) is 26.7 Å². The number of anilines is 1. The van der Waals surface area contributed by atoms with Crippen LogP contribution < -0.4 is 40.0 Å². The summed E-state index contributed by atoms with van der Waals surface area (Å²) in [6.45, 7) is 3.94. The fraction of sp³-hybridized carbons (Fsp3) is 0.263. The second kappa shape index (κ2) is 9.97. The van der Waals surface area contributed by atoms with Crippen molar-refractivity contribution in [1.29, 1.82) is 0 Å². The molecule has 2 aromatic carbocycles. The van der Waals surface area contributed by atoms with Crippen LogP contribution in [0.2, 0.25) is 5.02 Å². The maximum absolute atomic E-state index is 12.1. The number of aliphatic carboxylic acids is 1. The van der Waals surface area contributed by atoms with Gasteiger partial charge in [0.25, 0.3) is 0 Å². The van der Waals surface area contributed by atoms with Crippen LogP contribution in [0.1, 0.15) is 23.1 Å². The topological polar surface area (TPSA) is 69.2 Å². The summed E-state index contributed by atoms with van der Waals surface area (Å²) in [6.07, 6.45) is 0.0811. The number of carbonyl (C=O) groups excluding carboxylic acids is 2. The van der Waals surface area contributed by atoms with E-state index in [9.17, 15) is 14.7 Å². The molecule has 1 amide bonds. The molecule has 25 heavy (non-hydrogen) atoms. The molecule has 0 aliphatic carbocycles. The maximum Gasteiger partial charge on any atom is 1.00 e. The molecule has 0 radical (unpaired) electrons. The number of benzene rings is 2. The summed E-state index contributed by atoms with van der Waals surface area (Å²) >= 11 is 5.82. The third-order valence-electron chi connectivity index (χ3n) is 3.95. The molecule has 0 saturated carbocycles. The standard InChI is InChI=1S/C19H20ClNO3.Na/c1-12-3-8-17(9-13(12)2)21-18(22)11-15(19(23)24)10-14-4-6-16(20)7-5-14;/h3-9,15H,10-11H2,1-2H3,(H,21,22)(H,23,24);/q;+1/p-1. The van der Waals surface area contributed by atoms with Crippen LogP contribution >= 0.6 is 11.6 Å². The van der Waals surface area contributed by atoms with E-state index in [1.54, 1.807) is 30.3 Å². The Morgan fingerprint density at radius 3 is 2.28 bits per heavy atom. The summed E-state index contributed by atoms with van der Waals surface area (Å²) in [4.78, 5) is 23.5. The summed E-state index contributed by atoms with van der Waals surface area (Å²) in [5, 5.41) is 14.7. The zero-order valence-corrected chi connectivity index (χ0v) is 17.4. The average molecular weight is 368 g/mol. The van der Waals surface area contributed by atoms with E-state index in [1.807, 2.05) is 26.0 Å². The van der Waals surface area contributed by atoms with Gasteiger partial charge in [-0.2, -0.15) is 0 Å². The Morgan fingerprint density at radius 2 is 1.72 bits per heavy atom. The molecule has 0 heterocycles. The van der Waals surface area contributed by atoms with Crippen LogP contribution in [-0.4, -0.2) is 11.9 Å². The second-order valence-electron chi connectivity index (χ2n) is 5.90. The zero-order chi connectivity index (χ0) is 17.7. The maximum atomic E-state index is 12.1. The number of aryl methyl sites for hydroxylation is 2. The van der Waals surface area contributed by atoms with Crippen molar-refractivity contribution in [3.63, 3.8) is 0 Å². The van der Waals surface area contributed by atoms with Gasteiger partial charge in [-0.05, 0) is 61.2 Å². The van der Waals surface area contributed by atoms with Crippen molar-refractivity contribution in [3.8, 4) is 0 Å². The average Bonchev–Trinajstić information content (AvgIpc) is 2.52. The van der Waals surface area contributed by atoms with E-state index in [-0.39, 0.29) is 48.3 Å². The van der Waals surface area contributed by atoms with E-state index in [2.05, 4.69) is 5.32 Å². The van der Waals surface area contributed by atoms with Gasteiger partial charge in [-0.15, -0.1) is 0 Å². The quantitative estimate of drug-likeness (QED) is 0.725. The van der Waals surface area contributed by atoms with E-state index in [0.717, 1.165) is 16.7 Å². The van der Waals surface area contributed by atoms with E-state index in [1.165, 1.54) is 0 Å². The smallest absolute Gasteiger partial charge is 0.550 e. The van der Waals surface area contributed by atoms with Crippen LogP contribution in [-0.2, 0) is 16.0 Å². The Hall–Kier alpha value is -1.33. The fourth-order valence-corrected chi connectivity index (χ4v) is 2.52. The number of carboxylic acids is 1. The molecule has 1 N–H and O–H groups in total. The summed E-state index contributed by atoms with van der Waals surface area (Å²) in [5.41, 5.74) is 3.65. The molecular formula is C19H19ClNNaO3.